The summed E-state index contributed by atoms with van der Waals surface area (Å²) in [6.07, 6.45) is 3.99. The Morgan fingerprint density at radius 1 is 1.17 bits per heavy atom. The second kappa shape index (κ2) is 5.85. The van der Waals surface area contributed by atoms with Crippen LogP contribution >= 0.6 is 0 Å². The molecule has 0 spiro atoms. The smallest absolute Gasteiger partial charge is 0.257 e. The Kier molecular flexibility index (Phi) is 3.55. The molecule has 0 bridgehead atoms. The molecule has 3 aromatic rings. The molecule has 2 heterocycles. The zero-order valence-electron chi connectivity index (χ0n) is 12.7. The third-order valence-corrected chi connectivity index (χ3v) is 4.33. The minimum atomic E-state index is -0.144. The molecule has 1 amide bonds. The minimum Gasteiger partial charge on any atom is -0.345 e. The monoisotopic (exact) mass is 306 g/mol. The Balaban J connectivity index is 1.53. The fourth-order valence-electron chi connectivity index (χ4n) is 3.11. The van der Waals surface area contributed by atoms with E-state index in [2.05, 4.69) is 32.7 Å². The van der Waals surface area contributed by atoms with E-state index in [-0.39, 0.29) is 5.91 Å². The molecular weight excluding hydrogens is 288 g/mol. The summed E-state index contributed by atoms with van der Waals surface area (Å²) in [5, 5.41) is 6.42. The summed E-state index contributed by atoms with van der Waals surface area (Å²) in [6.45, 7) is 1.08. The van der Waals surface area contributed by atoms with Crippen molar-refractivity contribution in [1.82, 2.24) is 15.3 Å². The van der Waals surface area contributed by atoms with E-state index in [0.29, 0.717) is 17.1 Å². The van der Waals surface area contributed by atoms with Gasteiger partial charge in [0.15, 0.2) is 0 Å². The molecule has 1 unspecified atom stereocenters. The molecule has 3 N–H and O–H groups in total. The fourth-order valence-corrected chi connectivity index (χ4v) is 3.11. The molecule has 0 radical (unpaired) electrons. The number of aromatic amines is 1. The number of carbonyl (C=O) groups excluding carboxylic acids is 1. The first-order valence-corrected chi connectivity index (χ1v) is 7.88. The predicted molar refractivity (Wildman–Crippen MR) is 90.5 cm³/mol. The van der Waals surface area contributed by atoms with Crippen molar-refractivity contribution in [2.45, 2.75) is 18.9 Å². The van der Waals surface area contributed by atoms with Crippen molar-refractivity contribution in [1.29, 1.82) is 0 Å². The van der Waals surface area contributed by atoms with E-state index in [4.69, 9.17) is 0 Å². The van der Waals surface area contributed by atoms with Gasteiger partial charge < -0.3 is 15.6 Å². The minimum absolute atomic E-state index is 0.144. The number of rotatable bonds is 3. The number of nitrogens with zero attached hydrogens (tertiary/aromatic N) is 1. The van der Waals surface area contributed by atoms with Crippen molar-refractivity contribution in [2.24, 2.45) is 0 Å². The first kappa shape index (κ1) is 14.0. The summed E-state index contributed by atoms with van der Waals surface area (Å²) < 4.78 is 0. The van der Waals surface area contributed by atoms with E-state index >= 15 is 0 Å². The van der Waals surface area contributed by atoms with E-state index in [1.807, 2.05) is 24.3 Å². The number of hydrogen-bond donors (Lipinski definition) is 3. The van der Waals surface area contributed by atoms with Crippen molar-refractivity contribution in [3.05, 3.63) is 59.9 Å². The average molecular weight is 306 g/mol. The molecule has 5 heteroatoms. The number of H-pyrrole nitrogens is 1. The molecule has 1 fully saturated rings. The summed E-state index contributed by atoms with van der Waals surface area (Å²) in [5.74, 6) is -0.144. The van der Waals surface area contributed by atoms with Crippen molar-refractivity contribution in [3.8, 4) is 0 Å². The molecule has 4 rings (SSSR count). The molecule has 1 aliphatic heterocycles. The number of anilines is 1. The highest BCUT2D eigenvalue weighted by atomic mass is 16.1. The molecule has 0 aliphatic carbocycles. The van der Waals surface area contributed by atoms with Crippen LogP contribution in [-0.2, 0) is 0 Å². The summed E-state index contributed by atoms with van der Waals surface area (Å²) >= 11 is 0. The van der Waals surface area contributed by atoms with E-state index in [0.717, 1.165) is 17.7 Å². The first-order chi connectivity index (χ1) is 11.3. The van der Waals surface area contributed by atoms with Gasteiger partial charge in [-0.1, -0.05) is 18.2 Å². The molecule has 23 heavy (non-hydrogen) atoms. The van der Waals surface area contributed by atoms with Crippen LogP contribution in [0.2, 0.25) is 0 Å². The number of imidazole rings is 1. The van der Waals surface area contributed by atoms with Crippen LogP contribution in [0.1, 0.15) is 34.8 Å². The summed E-state index contributed by atoms with van der Waals surface area (Å²) in [7, 11) is 0. The van der Waals surface area contributed by atoms with Crippen LogP contribution in [0, 0.1) is 0 Å². The highest BCUT2D eigenvalue weighted by Crippen LogP contribution is 2.24. The molecule has 0 saturated carbocycles. The van der Waals surface area contributed by atoms with Crippen LogP contribution in [0.5, 0.6) is 0 Å². The number of amides is 1. The molecule has 5 nitrogen and oxygen atoms in total. The van der Waals surface area contributed by atoms with E-state index in [1.165, 1.54) is 18.4 Å². The number of aromatic nitrogens is 2. The van der Waals surface area contributed by atoms with Gasteiger partial charge >= 0.3 is 0 Å². The Labute approximate surface area is 134 Å². The van der Waals surface area contributed by atoms with Crippen molar-refractivity contribution < 1.29 is 4.79 Å². The number of hydrogen-bond acceptors (Lipinski definition) is 3. The second-order valence-electron chi connectivity index (χ2n) is 5.83. The Morgan fingerprint density at radius 2 is 2.04 bits per heavy atom. The largest absolute Gasteiger partial charge is 0.345 e. The van der Waals surface area contributed by atoms with E-state index in [1.54, 1.807) is 12.4 Å². The Bertz CT molecular complexity index is 832. The van der Waals surface area contributed by atoms with Gasteiger partial charge in [0, 0.05) is 11.7 Å². The predicted octanol–water partition coefficient (Wildman–Crippen LogP) is 3.24. The lowest BCUT2D eigenvalue weighted by molar-refractivity contribution is 0.102. The van der Waals surface area contributed by atoms with Crippen LogP contribution in [0.25, 0.3) is 11.0 Å². The third-order valence-electron chi connectivity index (χ3n) is 4.33. The molecule has 1 atom stereocenters. The number of benzene rings is 2. The Morgan fingerprint density at radius 3 is 2.83 bits per heavy atom. The second-order valence-corrected chi connectivity index (χ2v) is 5.83. The lowest BCUT2D eigenvalue weighted by Gasteiger charge is -2.12. The zero-order chi connectivity index (χ0) is 15.6. The normalized spacial score (nSPS) is 17.5. The highest BCUT2D eigenvalue weighted by Gasteiger charge is 2.16. The van der Waals surface area contributed by atoms with Gasteiger partial charge in [0.1, 0.15) is 5.52 Å². The Hall–Kier alpha value is -2.66. The third kappa shape index (κ3) is 2.71. The van der Waals surface area contributed by atoms with Crippen LogP contribution in [0.3, 0.4) is 0 Å². The van der Waals surface area contributed by atoms with Crippen LogP contribution in [0.15, 0.2) is 48.8 Å². The summed E-state index contributed by atoms with van der Waals surface area (Å²) in [5.41, 5.74) is 4.20. The molecule has 1 saturated heterocycles. The zero-order valence-corrected chi connectivity index (χ0v) is 12.7. The van der Waals surface area contributed by atoms with Crippen molar-refractivity contribution in [3.63, 3.8) is 0 Å². The van der Waals surface area contributed by atoms with Crippen LogP contribution < -0.4 is 10.6 Å². The van der Waals surface area contributed by atoms with Gasteiger partial charge in [0.25, 0.3) is 5.91 Å². The summed E-state index contributed by atoms with van der Waals surface area (Å²) in [6, 6.07) is 14.1. The molecule has 2 aromatic carbocycles. The van der Waals surface area contributed by atoms with Gasteiger partial charge in [-0.2, -0.15) is 0 Å². The van der Waals surface area contributed by atoms with Gasteiger partial charge in [-0.25, -0.2) is 4.98 Å². The molecule has 1 aliphatic rings. The number of carbonyl (C=O) groups is 1. The van der Waals surface area contributed by atoms with Crippen molar-refractivity contribution >= 4 is 22.6 Å². The topological polar surface area (TPSA) is 69.8 Å². The van der Waals surface area contributed by atoms with Crippen LogP contribution in [-0.4, -0.2) is 22.4 Å². The van der Waals surface area contributed by atoms with E-state index in [9.17, 15) is 4.79 Å². The maximum absolute atomic E-state index is 12.5. The quantitative estimate of drug-likeness (QED) is 0.696. The fraction of sp³-hybridized carbons (Fsp3) is 0.222. The number of fused-ring (bicyclic) bond motifs is 1. The van der Waals surface area contributed by atoms with Gasteiger partial charge in [-0.05, 0) is 49.2 Å². The van der Waals surface area contributed by atoms with Gasteiger partial charge in [0.2, 0.25) is 0 Å². The van der Waals surface area contributed by atoms with Crippen molar-refractivity contribution in [2.75, 3.05) is 11.9 Å². The van der Waals surface area contributed by atoms with Gasteiger partial charge in [-0.15, -0.1) is 0 Å². The summed E-state index contributed by atoms with van der Waals surface area (Å²) in [4.78, 5) is 19.7. The lowest BCUT2D eigenvalue weighted by Crippen LogP contribution is -2.14. The van der Waals surface area contributed by atoms with E-state index < -0.39 is 0 Å². The van der Waals surface area contributed by atoms with Crippen LogP contribution in [0.4, 0.5) is 5.69 Å². The maximum Gasteiger partial charge on any atom is 0.257 e. The van der Waals surface area contributed by atoms with Gasteiger partial charge in [0.05, 0.1) is 17.4 Å². The molecule has 1 aromatic heterocycles. The number of nitrogens with one attached hydrogen (secondary N) is 3. The highest BCUT2D eigenvalue weighted by molar-refractivity contribution is 6.11. The first-order valence-electron chi connectivity index (χ1n) is 7.88. The molecule has 116 valence electrons. The standard InChI is InChI=1S/C18H18N4O/c23-18(14-3-1-4-16-17(14)21-11-20-16)22-13-8-6-12(7-9-13)15-5-2-10-19-15/h1,3-4,6-9,11,15,19H,2,5,10H2,(H,20,21)(H,22,23). The molecular formula is C18H18N4O. The lowest BCUT2D eigenvalue weighted by atomic mass is 10.1. The average Bonchev–Trinajstić information content (AvgIpc) is 3.26. The SMILES string of the molecule is O=C(Nc1ccc(C2CCCN2)cc1)c1cccc2[nH]cnc12. The number of para-hydroxylation sites is 1. The van der Waals surface area contributed by atoms with Gasteiger partial charge in [-0.3, -0.25) is 4.79 Å². The maximum atomic E-state index is 12.5.